The lowest BCUT2D eigenvalue weighted by Gasteiger charge is -2.41. The van der Waals surface area contributed by atoms with E-state index in [1.807, 2.05) is 6.07 Å². The maximum atomic E-state index is 13.4. The molecule has 5 heterocycles. The van der Waals surface area contributed by atoms with Gasteiger partial charge in [0.05, 0.1) is 31.8 Å². The summed E-state index contributed by atoms with van der Waals surface area (Å²) in [6, 6.07) is 7.22. The van der Waals surface area contributed by atoms with Gasteiger partial charge in [0.1, 0.15) is 23.6 Å². The number of rotatable bonds is 5. The molecular weight excluding hydrogens is 383 g/mol. The summed E-state index contributed by atoms with van der Waals surface area (Å²) in [6.45, 7) is 2.26. The van der Waals surface area contributed by atoms with Crippen molar-refractivity contribution < 1.29 is 17.9 Å². The summed E-state index contributed by atoms with van der Waals surface area (Å²) >= 11 is 0. The molecular formula is C20H22F3N5O. The Bertz CT molecular complexity index is 899. The van der Waals surface area contributed by atoms with Crippen molar-refractivity contribution in [1.29, 1.82) is 0 Å². The standard InChI is InChI=1S/C20H22F3N5O/c1-12(21)13-2-3-17(24-7-13)25-18-5-14(27-10-20(22,23)11-27)6-19(26-18)28-8-16-4-15(28)9-29-16/h2-3,5-7,12,15-16H,4,8-11H2,1H3,(H,24,25,26). The Balaban J connectivity index is 1.43. The van der Waals surface area contributed by atoms with Crippen LogP contribution in [0.1, 0.15) is 25.1 Å². The van der Waals surface area contributed by atoms with E-state index in [2.05, 4.69) is 15.2 Å². The Kier molecular flexibility index (Phi) is 4.31. The van der Waals surface area contributed by atoms with Crippen molar-refractivity contribution in [3.05, 3.63) is 36.0 Å². The number of ether oxygens (including phenoxy) is 1. The van der Waals surface area contributed by atoms with Crippen LogP contribution in [0.4, 0.5) is 36.3 Å². The number of nitrogens with zero attached hydrogens (tertiary/aromatic N) is 4. The van der Waals surface area contributed by atoms with Gasteiger partial charge in [-0.15, -0.1) is 0 Å². The predicted molar refractivity (Wildman–Crippen MR) is 104 cm³/mol. The van der Waals surface area contributed by atoms with E-state index in [9.17, 15) is 13.2 Å². The molecule has 2 aromatic rings. The highest BCUT2D eigenvalue weighted by atomic mass is 19.3. The maximum Gasteiger partial charge on any atom is 0.282 e. The highest BCUT2D eigenvalue weighted by Crippen LogP contribution is 2.38. The van der Waals surface area contributed by atoms with Crippen LogP contribution in [-0.2, 0) is 4.74 Å². The van der Waals surface area contributed by atoms with Crippen molar-refractivity contribution in [2.24, 2.45) is 0 Å². The number of hydrogen-bond donors (Lipinski definition) is 1. The third-order valence-corrected chi connectivity index (χ3v) is 5.70. The van der Waals surface area contributed by atoms with Crippen molar-refractivity contribution in [3.63, 3.8) is 0 Å². The molecule has 3 fully saturated rings. The van der Waals surface area contributed by atoms with Crippen molar-refractivity contribution >= 4 is 23.1 Å². The molecule has 0 aromatic carbocycles. The zero-order valence-electron chi connectivity index (χ0n) is 16.0. The van der Waals surface area contributed by atoms with Gasteiger partial charge in [-0.3, -0.25) is 0 Å². The fourth-order valence-electron chi connectivity index (χ4n) is 4.12. The Morgan fingerprint density at radius 2 is 2.07 bits per heavy atom. The Morgan fingerprint density at radius 3 is 2.66 bits per heavy atom. The molecule has 1 N–H and O–H groups in total. The fourth-order valence-corrected chi connectivity index (χ4v) is 4.12. The SMILES string of the molecule is CC(F)c1ccc(Nc2cc(N3CC(F)(F)C3)cc(N3CC4CC3CO4)n2)nc1. The van der Waals surface area contributed by atoms with E-state index in [-0.39, 0.29) is 25.2 Å². The summed E-state index contributed by atoms with van der Waals surface area (Å²) in [6.07, 6.45) is 1.54. The van der Waals surface area contributed by atoms with Crippen LogP contribution in [0.25, 0.3) is 0 Å². The number of alkyl halides is 3. The molecule has 0 saturated carbocycles. The molecule has 5 rings (SSSR count). The van der Waals surface area contributed by atoms with Gasteiger partial charge in [-0.1, -0.05) is 6.07 Å². The van der Waals surface area contributed by atoms with Gasteiger partial charge in [-0.2, -0.15) is 0 Å². The molecule has 2 bridgehead atoms. The average molecular weight is 405 g/mol. The molecule has 3 saturated heterocycles. The first kappa shape index (κ1) is 18.5. The highest BCUT2D eigenvalue weighted by molar-refractivity contribution is 5.67. The molecule has 3 aliphatic rings. The smallest absolute Gasteiger partial charge is 0.282 e. The van der Waals surface area contributed by atoms with Gasteiger partial charge in [0.2, 0.25) is 0 Å². The Morgan fingerprint density at radius 1 is 1.24 bits per heavy atom. The van der Waals surface area contributed by atoms with E-state index < -0.39 is 12.1 Å². The number of pyridine rings is 2. The van der Waals surface area contributed by atoms with Crippen LogP contribution in [0.5, 0.6) is 0 Å². The molecule has 154 valence electrons. The lowest BCUT2D eigenvalue weighted by molar-refractivity contribution is -0.0262. The quantitative estimate of drug-likeness (QED) is 0.819. The van der Waals surface area contributed by atoms with Gasteiger partial charge in [0, 0.05) is 36.1 Å². The second kappa shape index (κ2) is 6.76. The summed E-state index contributed by atoms with van der Waals surface area (Å²) in [5.41, 5.74) is 1.19. The first-order valence-corrected chi connectivity index (χ1v) is 9.76. The van der Waals surface area contributed by atoms with E-state index in [0.29, 0.717) is 29.5 Å². The molecule has 3 aliphatic heterocycles. The Labute approximate surface area is 166 Å². The third kappa shape index (κ3) is 3.59. The van der Waals surface area contributed by atoms with Gasteiger partial charge in [-0.05, 0) is 19.4 Å². The minimum absolute atomic E-state index is 0.201. The van der Waals surface area contributed by atoms with Crippen LogP contribution in [0.2, 0.25) is 0 Å². The minimum atomic E-state index is -2.65. The fraction of sp³-hybridized carbons (Fsp3) is 0.500. The van der Waals surface area contributed by atoms with Crippen LogP contribution in [0, 0.1) is 0 Å². The summed E-state index contributed by atoms with van der Waals surface area (Å²) in [4.78, 5) is 12.8. The molecule has 0 radical (unpaired) electrons. The van der Waals surface area contributed by atoms with Gasteiger partial charge in [-0.25, -0.2) is 23.1 Å². The van der Waals surface area contributed by atoms with E-state index >= 15 is 0 Å². The second-order valence-electron chi connectivity index (χ2n) is 8.00. The van der Waals surface area contributed by atoms with E-state index in [0.717, 1.165) is 18.8 Å². The van der Waals surface area contributed by atoms with Gasteiger partial charge in [0.25, 0.3) is 5.92 Å². The second-order valence-corrected chi connectivity index (χ2v) is 8.00. The first-order valence-electron chi connectivity index (χ1n) is 9.76. The normalized spacial score (nSPS) is 25.8. The number of halogens is 3. The van der Waals surface area contributed by atoms with E-state index in [1.54, 1.807) is 23.1 Å². The summed E-state index contributed by atoms with van der Waals surface area (Å²) in [7, 11) is 0. The minimum Gasteiger partial charge on any atom is -0.374 e. The van der Waals surface area contributed by atoms with Crippen molar-refractivity contribution in [1.82, 2.24) is 9.97 Å². The van der Waals surface area contributed by atoms with E-state index in [1.165, 1.54) is 13.1 Å². The highest BCUT2D eigenvalue weighted by Gasteiger charge is 2.45. The molecule has 3 unspecified atom stereocenters. The molecule has 6 nitrogen and oxygen atoms in total. The summed E-state index contributed by atoms with van der Waals surface area (Å²) < 4.78 is 45.9. The Hall–Kier alpha value is -2.55. The molecule has 0 spiro atoms. The summed E-state index contributed by atoms with van der Waals surface area (Å²) in [5.74, 6) is -0.877. The van der Waals surface area contributed by atoms with Crippen LogP contribution in [0.3, 0.4) is 0 Å². The lowest BCUT2D eigenvalue weighted by Crippen LogP contribution is -2.56. The topological polar surface area (TPSA) is 53.5 Å². The lowest BCUT2D eigenvalue weighted by atomic mass is 10.1. The van der Waals surface area contributed by atoms with Gasteiger partial charge >= 0.3 is 0 Å². The van der Waals surface area contributed by atoms with Crippen molar-refractivity contribution in [2.45, 2.75) is 37.6 Å². The van der Waals surface area contributed by atoms with Gasteiger partial charge in [0.15, 0.2) is 0 Å². The van der Waals surface area contributed by atoms with Crippen LogP contribution < -0.4 is 15.1 Å². The molecule has 0 amide bonds. The molecule has 0 aliphatic carbocycles. The molecule has 9 heteroatoms. The number of fused-ring (bicyclic) bond motifs is 2. The number of aromatic nitrogens is 2. The number of hydrogen-bond acceptors (Lipinski definition) is 6. The third-order valence-electron chi connectivity index (χ3n) is 5.70. The molecule has 3 atom stereocenters. The van der Waals surface area contributed by atoms with Crippen LogP contribution in [0.15, 0.2) is 30.5 Å². The monoisotopic (exact) mass is 405 g/mol. The van der Waals surface area contributed by atoms with E-state index in [4.69, 9.17) is 9.72 Å². The molecule has 29 heavy (non-hydrogen) atoms. The number of anilines is 4. The zero-order valence-corrected chi connectivity index (χ0v) is 16.0. The predicted octanol–water partition coefficient (Wildman–Crippen LogP) is 3.68. The summed E-state index contributed by atoms with van der Waals surface area (Å²) in [5, 5.41) is 3.13. The number of nitrogens with one attached hydrogen (secondary N) is 1. The number of morpholine rings is 1. The van der Waals surface area contributed by atoms with Crippen LogP contribution >= 0.6 is 0 Å². The zero-order chi connectivity index (χ0) is 20.2. The molecule has 2 aromatic heterocycles. The average Bonchev–Trinajstić information content (AvgIpc) is 3.30. The van der Waals surface area contributed by atoms with Gasteiger partial charge < -0.3 is 19.9 Å². The van der Waals surface area contributed by atoms with Crippen LogP contribution in [-0.4, -0.2) is 54.3 Å². The largest absolute Gasteiger partial charge is 0.374 e. The van der Waals surface area contributed by atoms with Crippen molar-refractivity contribution in [2.75, 3.05) is 41.4 Å². The van der Waals surface area contributed by atoms with Crippen molar-refractivity contribution in [3.8, 4) is 0 Å². The first-order chi connectivity index (χ1) is 13.9. The maximum absolute atomic E-state index is 13.4.